The van der Waals surface area contributed by atoms with Gasteiger partial charge in [-0.2, -0.15) is 0 Å². The lowest BCUT2D eigenvalue weighted by molar-refractivity contribution is 0.236. The number of benzene rings is 2. The predicted molar refractivity (Wildman–Crippen MR) is 86.3 cm³/mol. The van der Waals surface area contributed by atoms with Gasteiger partial charge < -0.3 is 15.4 Å². The van der Waals surface area contributed by atoms with Gasteiger partial charge in [-0.1, -0.05) is 46.3 Å². The fourth-order valence-corrected chi connectivity index (χ4v) is 1.96. The number of ether oxygens (including phenoxy) is 1. The van der Waals surface area contributed by atoms with Gasteiger partial charge in [0.25, 0.3) is 0 Å². The van der Waals surface area contributed by atoms with Crippen molar-refractivity contribution in [2.24, 2.45) is 0 Å². The van der Waals surface area contributed by atoms with E-state index in [0.717, 1.165) is 15.8 Å². The average Bonchev–Trinajstić information content (AvgIpc) is 2.52. The van der Waals surface area contributed by atoms with Crippen LogP contribution >= 0.6 is 15.9 Å². The van der Waals surface area contributed by atoms with E-state index in [1.54, 1.807) is 0 Å². The van der Waals surface area contributed by atoms with Crippen LogP contribution in [0, 0.1) is 0 Å². The van der Waals surface area contributed by atoms with Crippen molar-refractivity contribution >= 4 is 22.0 Å². The minimum atomic E-state index is -0.199. The van der Waals surface area contributed by atoms with E-state index in [1.165, 1.54) is 0 Å². The van der Waals surface area contributed by atoms with Crippen LogP contribution in [-0.4, -0.2) is 19.2 Å². The first-order valence-electron chi connectivity index (χ1n) is 6.68. The first-order chi connectivity index (χ1) is 10.2. The van der Waals surface area contributed by atoms with Crippen molar-refractivity contribution in [1.82, 2.24) is 10.6 Å². The minimum absolute atomic E-state index is 0.199. The van der Waals surface area contributed by atoms with Crippen molar-refractivity contribution in [2.75, 3.05) is 13.2 Å². The Bertz CT molecular complexity index is 558. The number of para-hydroxylation sites is 1. The first kappa shape index (κ1) is 15.4. The van der Waals surface area contributed by atoms with E-state index in [9.17, 15) is 4.79 Å². The van der Waals surface area contributed by atoms with E-state index in [2.05, 4.69) is 26.6 Å². The number of carbonyl (C=O) groups excluding carboxylic acids is 1. The molecule has 0 heterocycles. The molecule has 2 aromatic carbocycles. The number of hydrogen-bond donors (Lipinski definition) is 2. The summed E-state index contributed by atoms with van der Waals surface area (Å²) in [5, 5.41) is 5.55. The molecule has 0 spiro atoms. The van der Waals surface area contributed by atoms with Gasteiger partial charge in [0.15, 0.2) is 0 Å². The van der Waals surface area contributed by atoms with Gasteiger partial charge in [-0.15, -0.1) is 0 Å². The molecule has 0 unspecified atom stereocenters. The molecule has 110 valence electrons. The van der Waals surface area contributed by atoms with Crippen LogP contribution < -0.4 is 15.4 Å². The van der Waals surface area contributed by atoms with E-state index in [0.29, 0.717) is 19.7 Å². The molecular formula is C16H17BrN2O2. The fourth-order valence-electron chi connectivity index (χ4n) is 1.70. The molecule has 0 aliphatic carbocycles. The van der Waals surface area contributed by atoms with Crippen molar-refractivity contribution in [2.45, 2.75) is 6.54 Å². The van der Waals surface area contributed by atoms with Crippen LogP contribution in [0.1, 0.15) is 5.56 Å². The topological polar surface area (TPSA) is 50.4 Å². The maximum atomic E-state index is 11.6. The lowest BCUT2D eigenvalue weighted by atomic mass is 10.2. The Morgan fingerprint density at radius 3 is 2.43 bits per heavy atom. The molecule has 2 aromatic rings. The molecule has 2 amide bonds. The second-order valence-corrected chi connectivity index (χ2v) is 5.31. The number of nitrogens with one attached hydrogen (secondary N) is 2. The van der Waals surface area contributed by atoms with E-state index in [1.807, 2.05) is 54.6 Å². The minimum Gasteiger partial charge on any atom is -0.492 e. The number of urea groups is 1. The number of amides is 2. The van der Waals surface area contributed by atoms with E-state index in [4.69, 9.17) is 4.74 Å². The van der Waals surface area contributed by atoms with Crippen LogP contribution in [0.5, 0.6) is 5.75 Å². The van der Waals surface area contributed by atoms with E-state index < -0.39 is 0 Å². The molecule has 21 heavy (non-hydrogen) atoms. The first-order valence-corrected chi connectivity index (χ1v) is 7.47. The maximum absolute atomic E-state index is 11.6. The third kappa shape index (κ3) is 5.87. The smallest absolute Gasteiger partial charge is 0.315 e. The summed E-state index contributed by atoms with van der Waals surface area (Å²) in [6.07, 6.45) is 0. The molecule has 2 rings (SSSR count). The van der Waals surface area contributed by atoms with E-state index >= 15 is 0 Å². The fraction of sp³-hybridized carbons (Fsp3) is 0.188. The summed E-state index contributed by atoms with van der Waals surface area (Å²) < 4.78 is 6.51. The zero-order valence-electron chi connectivity index (χ0n) is 11.5. The Kier molecular flexibility index (Phi) is 6.09. The predicted octanol–water partition coefficient (Wildman–Crippen LogP) is 3.33. The monoisotopic (exact) mass is 348 g/mol. The molecule has 0 aliphatic rings. The van der Waals surface area contributed by atoms with Crippen molar-refractivity contribution in [3.8, 4) is 5.75 Å². The molecule has 0 atom stereocenters. The summed E-state index contributed by atoms with van der Waals surface area (Å²) >= 11 is 3.37. The Hall–Kier alpha value is -2.01. The van der Waals surface area contributed by atoms with Crippen molar-refractivity contribution < 1.29 is 9.53 Å². The Morgan fingerprint density at radius 1 is 1.00 bits per heavy atom. The van der Waals surface area contributed by atoms with Crippen LogP contribution in [0.4, 0.5) is 4.79 Å². The van der Waals surface area contributed by atoms with Crippen LogP contribution in [0.2, 0.25) is 0 Å². The quantitative estimate of drug-likeness (QED) is 0.786. The highest BCUT2D eigenvalue weighted by Gasteiger charge is 2.00. The molecule has 4 nitrogen and oxygen atoms in total. The standard InChI is InChI=1S/C16H17BrN2O2/c17-14-8-6-13(7-9-14)12-19-16(20)18-10-11-21-15-4-2-1-3-5-15/h1-9H,10-12H2,(H2,18,19,20). The zero-order chi connectivity index (χ0) is 14.9. The summed E-state index contributed by atoms with van der Waals surface area (Å²) in [6, 6.07) is 17.1. The van der Waals surface area contributed by atoms with Gasteiger partial charge in [-0.05, 0) is 29.8 Å². The molecule has 2 N–H and O–H groups in total. The van der Waals surface area contributed by atoms with Gasteiger partial charge in [-0.25, -0.2) is 4.79 Å². The SMILES string of the molecule is O=C(NCCOc1ccccc1)NCc1ccc(Br)cc1. The molecular weight excluding hydrogens is 332 g/mol. The number of carbonyl (C=O) groups is 1. The highest BCUT2D eigenvalue weighted by molar-refractivity contribution is 9.10. The normalized spacial score (nSPS) is 9.95. The number of halogens is 1. The lowest BCUT2D eigenvalue weighted by Gasteiger charge is -2.09. The molecule has 0 saturated carbocycles. The average molecular weight is 349 g/mol. The Morgan fingerprint density at radius 2 is 1.71 bits per heavy atom. The number of hydrogen-bond acceptors (Lipinski definition) is 2. The highest BCUT2D eigenvalue weighted by atomic mass is 79.9. The summed E-state index contributed by atoms with van der Waals surface area (Å²) in [5.41, 5.74) is 1.05. The third-order valence-electron chi connectivity index (χ3n) is 2.77. The molecule has 0 saturated heterocycles. The largest absolute Gasteiger partial charge is 0.492 e. The molecule has 0 fully saturated rings. The van der Waals surface area contributed by atoms with Gasteiger partial charge in [0.05, 0.1) is 6.54 Å². The van der Waals surface area contributed by atoms with Crippen LogP contribution in [0.15, 0.2) is 59.1 Å². The van der Waals surface area contributed by atoms with Gasteiger partial charge in [-0.3, -0.25) is 0 Å². The van der Waals surface area contributed by atoms with Gasteiger partial charge in [0.1, 0.15) is 12.4 Å². The van der Waals surface area contributed by atoms with Crippen molar-refractivity contribution in [1.29, 1.82) is 0 Å². The molecule has 0 aliphatic heterocycles. The molecule has 0 bridgehead atoms. The van der Waals surface area contributed by atoms with Crippen molar-refractivity contribution in [3.63, 3.8) is 0 Å². The van der Waals surface area contributed by atoms with Gasteiger partial charge in [0, 0.05) is 11.0 Å². The molecule has 5 heteroatoms. The van der Waals surface area contributed by atoms with Crippen LogP contribution in [0.25, 0.3) is 0 Å². The summed E-state index contributed by atoms with van der Waals surface area (Å²) in [4.78, 5) is 11.6. The molecule has 0 radical (unpaired) electrons. The lowest BCUT2D eigenvalue weighted by Crippen LogP contribution is -2.37. The highest BCUT2D eigenvalue weighted by Crippen LogP contribution is 2.10. The van der Waals surface area contributed by atoms with Crippen molar-refractivity contribution in [3.05, 3.63) is 64.6 Å². The van der Waals surface area contributed by atoms with Crippen LogP contribution in [-0.2, 0) is 6.54 Å². The van der Waals surface area contributed by atoms with Gasteiger partial charge in [0.2, 0.25) is 0 Å². The second-order valence-electron chi connectivity index (χ2n) is 4.40. The zero-order valence-corrected chi connectivity index (χ0v) is 13.1. The summed E-state index contributed by atoms with van der Waals surface area (Å²) in [6.45, 7) is 1.40. The third-order valence-corrected chi connectivity index (χ3v) is 3.29. The number of rotatable bonds is 6. The Labute approximate surface area is 132 Å². The second kappa shape index (κ2) is 8.32. The maximum Gasteiger partial charge on any atom is 0.315 e. The van der Waals surface area contributed by atoms with Gasteiger partial charge >= 0.3 is 6.03 Å². The molecule has 0 aromatic heterocycles. The summed E-state index contributed by atoms with van der Waals surface area (Å²) in [7, 11) is 0. The van der Waals surface area contributed by atoms with E-state index in [-0.39, 0.29) is 6.03 Å². The summed E-state index contributed by atoms with van der Waals surface area (Å²) in [5.74, 6) is 0.801. The van der Waals surface area contributed by atoms with Crippen LogP contribution in [0.3, 0.4) is 0 Å². The Balaban J connectivity index is 1.60.